The highest BCUT2D eigenvalue weighted by molar-refractivity contribution is 5.99. The molecule has 0 aliphatic carbocycles. The summed E-state index contributed by atoms with van der Waals surface area (Å²) in [4.78, 5) is 114. The average Bonchev–Trinajstić information content (AvgIpc) is 4.30. The number of nitrogens with one attached hydrogen (secondary N) is 7. The van der Waals surface area contributed by atoms with E-state index in [4.69, 9.17) is 15.2 Å². The Balaban J connectivity index is 1.05. The zero-order valence-corrected chi connectivity index (χ0v) is 45.7. The third-order valence-electron chi connectivity index (χ3n) is 15.8. The van der Waals surface area contributed by atoms with Crippen LogP contribution in [-0.4, -0.2) is 156 Å². The van der Waals surface area contributed by atoms with Crippen molar-refractivity contribution in [2.24, 2.45) is 5.73 Å². The number of amides is 7. The van der Waals surface area contributed by atoms with Gasteiger partial charge in [-0.2, -0.15) is 0 Å². The number of aromatic nitrogens is 1. The summed E-state index contributed by atoms with van der Waals surface area (Å²) < 4.78 is 11.9. The summed E-state index contributed by atoms with van der Waals surface area (Å²) in [5.74, 6) is -3.24. The highest BCUT2D eigenvalue weighted by atomic mass is 16.6. The lowest BCUT2D eigenvalue weighted by atomic mass is 9.91. The molecule has 4 aliphatic heterocycles. The van der Waals surface area contributed by atoms with Crippen LogP contribution in [0.1, 0.15) is 46.2 Å². The van der Waals surface area contributed by atoms with E-state index in [1.54, 1.807) is 18.3 Å². The van der Waals surface area contributed by atoms with Crippen molar-refractivity contribution in [1.29, 1.82) is 0 Å². The number of carbonyl (C=O) groups is 7. The van der Waals surface area contributed by atoms with Crippen LogP contribution in [0.15, 0.2) is 140 Å². The number of nitrogens with two attached hydrogens (primary N) is 1. The second-order valence-corrected chi connectivity index (χ2v) is 21.4. The topological polar surface area (TPSA) is 262 Å². The molecule has 5 heterocycles. The van der Waals surface area contributed by atoms with Gasteiger partial charge in [-0.05, 0) is 64.4 Å². The van der Waals surface area contributed by atoms with Crippen molar-refractivity contribution in [3.05, 3.63) is 173 Å². The number of para-hydroxylation sites is 1. The highest BCUT2D eigenvalue weighted by Gasteiger charge is 2.48. The minimum atomic E-state index is -1.29. The highest BCUT2D eigenvalue weighted by Crippen LogP contribution is 2.30. The quantitative estimate of drug-likeness (QED) is 0.0739. The second-order valence-electron chi connectivity index (χ2n) is 21.4. The van der Waals surface area contributed by atoms with Gasteiger partial charge in [0.15, 0.2) is 0 Å². The minimum absolute atomic E-state index is 0.0109. The van der Waals surface area contributed by atoms with Crippen molar-refractivity contribution in [2.75, 3.05) is 52.4 Å². The maximum Gasteiger partial charge on any atom is 0.407 e. The summed E-state index contributed by atoms with van der Waals surface area (Å²) in [5.41, 5.74) is 11.3. The number of aromatic amines is 1. The number of H-pyrrole nitrogens is 1. The number of aryl methyl sites for hydroxylation is 1. The summed E-state index contributed by atoms with van der Waals surface area (Å²) >= 11 is 0. The van der Waals surface area contributed by atoms with Gasteiger partial charge in [-0.1, -0.05) is 115 Å². The number of hydrogen-bond donors (Lipinski definition) is 8. The van der Waals surface area contributed by atoms with Crippen molar-refractivity contribution < 1.29 is 43.0 Å². The van der Waals surface area contributed by atoms with Gasteiger partial charge >= 0.3 is 6.09 Å². The predicted molar refractivity (Wildman–Crippen MR) is 307 cm³/mol. The largest absolute Gasteiger partial charge is 0.489 e. The van der Waals surface area contributed by atoms with E-state index in [-0.39, 0.29) is 64.8 Å². The van der Waals surface area contributed by atoms with Gasteiger partial charge in [0, 0.05) is 95.1 Å². The molecule has 0 spiro atoms. The molecule has 10 rings (SSSR count). The van der Waals surface area contributed by atoms with Crippen LogP contribution in [0.25, 0.3) is 10.9 Å². The van der Waals surface area contributed by atoms with Gasteiger partial charge in [-0.3, -0.25) is 33.7 Å². The van der Waals surface area contributed by atoms with Crippen molar-refractivity contribution in [3.8, 4) is 5.75 Å². The maximum absolute atomic E-state index is 15.8. The number of ether oxygens (including phenoxy) is 2. The van der Waals surface area contributed by atoms with Crippen LogP contribution >= 0.6 is 0 Å². The zero-order valence-electron chi connectivity index (χ0n) is 45.7. The van der Waals surface area contributed by atoms with E-state index in [1.165, 1.54) is 9.80 Å². The van der Waals surface area contributed by atoms with Crippen LogP contribution in [0.3, 0.4) is 0 Å². The number of hydrogen-bond acceptors (Lipinski definition) is 12. The van der Waals surface area contributed by atoms with E-state index < -0.39 is 83.9 Å². The van der Waals surface area contributed by atoms with Crippen molar-refractivity contribution in [3.63, 3.8) is 0 Å². The number of alkyl carbamates (subject to hydrolysis) is 1. The Morgan fingerprint density at radius 3 is 2.02 bits per heavy atom. The van der Waals surface area contributed by atoms with Crippen LogP contribution in [0, 0.1) is 0 Å². The molecule has 0 unspecified atom stereocenters. The third kappa shape index (κ3) is 14.1. The Kier molecular flexibility index (Phi) is 18.5. The summed E-state index contributed by atoms with van der Waals surface area (Å²) in [6.07, 6.45) is 0.329. The number of piperazine rings is 1. The Labute approximate surface area is 476 Å². The van der Waals surface area contributed by atoms with Crippen molar-refractivity contribution in [2.45, 2.75) is 94.0 Å². The predicted octanol–water partition coefficient (Wildman–Crippen LogP) is 2.63. The monoisotopic (exact) mass is 1110 g/mol. The number of rotatable bonds is 15. The first-order chi connectivity index (χ1) is 40.0. The van der Waals surface area contributed by atoms with Gasteiger partial charge in [-0.25, -0.2) is 4.79 Å². The molecular formula is C62H71N11O9. The Morgan fingerprint density at radius 1 is 0.622 bits per heavy atom. The molecular weight excluding hydrogens is 1040 g/mol. The van der Waals surface area contributed by atoms with Crippen molar-refractivity contribution in [1.82, 2.24) is 51.6 Å². The molecule has 0 bridgehead atoms. The standard InChI is InChI=1S/C62H71N11O9/c63-25-26-65-62(80)82-47-34-54-59(77)67-50(24-21-40-11-3-1-4-12-40)56(74)68-51(32-45-35-66-49-18-10-9-17-48(45)49)57(75)70-53(38-71-29-27-64-28-30-71)58(76)69-52(31-41-19-22-46(23-20-41)81-39-42-13-5-2-6-14-42)60(78)72-36-44-16-8-7-15-43(44)33-55(72)61(79)73(54)37-47/h1-20,22-23,35,47,50-55,64,66H,21,24-34,36-39,63H2,(H,65,80)(H,67,77)(H,68,74)(H,69,76)(H,70,75)/t47-,50+,51-,52+,53+,54+,55+/m1/s1. The average molecular weight is 1110 g/mol. The zero-order chi connectivity index (χ0) is 57.0. The first-order valence-electron chi connectivity index (χ1n) is 28.3. The number of benzene rings is 5. The SMILES string of the molecule is NCCNC(=O)O[C@@H]1C[C@H]2C(=O)N[C@@H](CCc3ccccc3)C(=O)N[C@H](Cc3c[nH]c4ccccc34)C(=O)N[C@@H](CN3CCNCC3)C(=O)N[C@@H](Cc3ccc(OCc4ccccc4)cc3)C(=O)N3Cc4ccccc4C[C@H]3C(=O)N2C1. The van der Waals surface area contributed by atoms with Crippen LogP contribution in [0.2, 0.25) is 0 Å². The van der Waals surface area contributed by atoms with E-state index in [9.17, 15) is 4.79 Å². The van der Waals surface area contributed by atoms with Gasteiger partial charge in [0.25, 0.3) is 0 Å². The first kappa shape index (κ1) is 56.7. The third-order valence-corrected chi connectivity index (χ3v) is 15.8. The van der Waals surface area contributed by atoms with E-state index in [0.29, 0.717) is 56.1 Å². The van der Waals surface area contributed by atoms with E-state index in [2.05, 4.69) is 41.8 Å². The summed E-state index contributed by atoms with van der Waals surface area (Å²) in [6.45, 7) is 2.85. The Bertz CT molecular complexity index is 3210. The number of nitrogens with zero attached hydrogens (tertiary/aromatic N) is 3. The first-order valence-corrected chi connectivity index (χ1v) is 28.3. The molecule has 0 saturated carbocycles. The minimum Gasteiger partial charge on any atom is -0.489 e. The molecule has 9 N–H and O–H groups in total. The Morgan fingerprint density at radius 2 is 1.27 bits per heavy atom. The van der Waals surface area contributed by atoms with Crippen LogP contribution < -0.4 is 42.4 Å². The van der Waals surface area contributed by atoms with Gasteiger partial charge in [0.1, 0.15) is 54.7 Å². The van der Waals surface area contributed by atoms with E-state index >= 15 is 28.8 Å². The molecule has 7 atom stereocenters. The summed E-state index contributed by atoms with van der Waals surface area (Å²) in [5, 5.41) is 18.8. The summed E-state index contributed by atoms with van der Waals surface area (Å²) in [6, 6.07) is 33.9. The fourth-order valence-corrected chi connectivity index (χ4v) is 11.4. The molecule has 7 amide bonds. The van der Waals surface area contributed by atoms with Crippen LogP contribution in [0.5, 0.6) is 5.75 Å². The van der Waals surface area contributed by atoms with E-state index in [1.807, 2.05) is 121 Å². The molecule has 20 nitrogen and oxygen atoms in total. The van der Waals surface area contributed by atoms with E-state index in [0.717, 1.165) is 33.2 Å². The normalized spacial score (nSPS) is 23.0. The van der Waals surface area contributed by atoms with Gasteiger partial charge in [0.2, 0.25) is 35.4 Å². The molecule has 0 radical (unpaired) electrons. The summed E-state index contributed by atoms with van der Waals surface area (Å²) in [7, 11) is 0. The van der Waals surface area contributed by atoms with Crippen LogP contribution in [-0.2, 0) is 72.3 Å². The molecule has 1 aromatic heterocycles. The lowest BCUT2D eigenvalue weighted by Crippen LogP contribution is -2.64. The smallest absolute Gasteiger partial charge is 0.407 e. The lowest BCUT2D eigenvalue weighted by molar-refractivity contribution is -0.151. The maximum atomic E-state index is 15.8. The van der Waals surface area contributed by atoms with Crippen molar-refractivity contribution >= 4 is 52.4 Å². The molecule has 4 aliphatic rings. The molecule has 3 saturated heterocycles. The molecule has 5 aromatic carbocycles. The molecule has 6 aromatic rings. The molecule has 82 heavy (non-hydrogen) atoms. The molecule has 20 heteroatoms. The lowest BCUT2D eigenvalue weighted by Gasteiger charge is -2.40. The number of carbonyl (C=O) groups excluding carboxylic acids is 7. The Hall–Kier alpha value is -8.59. The fraction of sp³-hybridized carbons (Fsp3) is 0.371. The molecule has 428 valence electrons. The second kappa shape index (κ2) is 26.8. The van der Waals surface area contributed by atoms with Gasteiger partial charge in [0.05, 0.1) is 6.54 Å². The van der Waals surface area contributed by atoms with Crippen LogP contribution in [0.4, 0.5) is 4.79 Å². The number of fused-ring (bicyclic) bond motifs is 4. The molecule has 3 fully saturated rings. The van der Waals surface area contributed by atoms with Gasteiger partial charge < -0.3 is 61.9 Å². The fourth-order valence-electron chi connectivity index (χ4n) is 11.4. The van der Waals surface area contributed by atoms with Gasteiger partial charge in [-0.15, -0.1) is 0 Å².